The lowest BCUT2D eigenvalue weighted by Crippen LogP contribution is -2.35. The molecule has 0 bridgehead atoms. The van der Waals surface area contributed by atoms with Gasteiger partial charge in [-0.3, -0.25) is 4.99 Å². The predicted octanol–water partition coefficient (Wildman–Crippen LogP) is 2.89. The Balaban J connectivity index is 1.46. The molecule has 25 heavy (non-hydrogen) atoms. The molecule has 2 aromatic heterocycles. The predicted molar refractivity (Wildman–Crippen MR) is 96.9 cm³/mol. The Bertz CT molecular complexity index is 850. The van der Waals surface area contributed by atoms with Crippen LogP contribution in [0.25, 0.3) is 5.65 Å². The summed E-state index contributed by atoms with van der Waals surface area (Å²) in [7, 11) is 0. The van der Waals surface area contributed by atoms with E-state index in [-0.39, 0.29) is 6.04 Å². The van der Waals surface area contributed by atoms with Crippen LogP contribution in [0.2, 0.25) is 0 Å². The number of hydrogen-bond acceptors (Lipinski definition) is 5. The van der Waals surface area contributed by atoms with Gasteiger partial charge < -0.3 is 15.0 Å². The quantitative estimate of drug-likeness (QED) is 0.901. The van der Waals surface area contributed by atoms with Gasteiger partial charge in [-0.1, -0.05) is 19.3 Å². The number of nitrogens with zero attached hydrogens (tertiary/aromatic N) is 4. The van der Waals surface area contributed by atoms with Gasteiger partial charge in [-0.05, 0) is 30.9 Å². The highest BCUT2D eigenvalue weighted by Crippen LogP contribution is 2.23. The summed E-state index contributed by atoms with van der Waals surface area (Å²) in [5.74, 6) is 1.71. The molecule has 2 aromatic rings. The molecule has 0 spiro atoms. The highest BCUT2D eigenvalue weighted by atomic mass is 15.2. The molecule has 0 saturated heterocycles. The lowest BCUT2D eigenvalue weighted by molar-refractivity contribution is 0.347. The topological polar surface area (TPSA) is 77.5 Å². The molecule has 3 heterocycles. The van der Waals surface area contributed by atoms with Gasteiger partial charge in [-0.2, -0.15) is 5.26 Å². The van der Waals surface area contributed by atoms with Crippen LogP contribution in [0.15, 0.2) is 41.5 Å². The van der Waals surface area contributed by atoms with Gasteiger partial charge in [0.2, 0.25) is 0 Å². The largest absolute Gasteiger partial charge is 0.370 e. The van der Waals surface area contributed by atoms with E-state index in [0.717, 1.165) is 29.6 Å². The molecule has 2 N–H and O–H groups in total. The Morgan fingerprint density at radius 2 is 2.16 bits per heavy atom. The van der Waals surface area contributed by atoms with Gasteiger partial charge in [0.15, 0.2) is 0 Å². The first-order valence-electron chi connectivity index (χ1n) is 8.94. The van der Waals surface area contributed by atoms with E-state index in [2.05, 4.69) is 26.7 Å². The van der Waals surface area contributed by atoms with E-state index in [1.807, 2.05) is 35.3 Å². The number of fused-ring (bicyclic) bond motifs is 1. The zero-order chi connectivity index (χ0) is 17.1. The Labute approximate surface area is 147 Å². The van der Waals surface area contributed by atoms with Crippen molar-refractivity contribution in [1.82, 2.24) is 20.0 Å². The molecule has 0 radical (unpaired) electrons. The summed E-state index contributed by atoms with van der Waals surface area (Å²) in [4.78, 5) is 8.82. The van der Waals surface area contributed by atoms with Crippen LogP contribution >= 0.6 is 0 Å². The molecule has 1 atom stereocenters. The summed E-state index contributed by atoms with van der Waals surface area (Å²) in [6.45, 7) is 0.993. The van der Waals surface area contributed by atoms with Crippen LogP contribution in [-0.2, 0) is 0 Å². The van der Waals surface area contributed by atoms with Gasteiger partial charge in [0.25, 0.3) is 0 Å². The second kappa shape index (κ2) is 6.98. The standard InChI is InChI=1S/C19H22N6/c20-8-15-6-7-19-23-11-17(25(19)13-15)16-10-21-12-18(24-16)22-9-14-4-2-1-3-5-14/h6-7,10-14,16,22,24H,1-5,9H2. The van der Waals surface area contributed by atoms with Crippen molar-refractivity contribution < 1.29 is 0 Å². The van der Waals surface area contributed by atoms with Crippen molar-refractivity contribution in [2.75, 3.05) is 6.54 Å². The lowest BCUT2D eigenvalue weighted by atomic mass is 9.89. The zero-order valence-corrected chi connectivity index (χ0v) is 14.2. The fourth-order valence-electron chi connectivity index (χ4n) is 3.63. The van der Waals surface area contributed by atoms with E-state index in [1.54, 1.807) is 6.07 Å². The highest BCUT2D eigenvalue weighted by Gasteiger charge is 2.19. The maximum Gasteiger partial charge on any atom is 0.137 e. The third-order valence-corrected chi connectivity index (χ3v) is 5.04. The molecule has 2 aliphatic rings. The van der Waals surface area contributed by atoms with Crippen molar-refractivity contribution in [2.45, 2.75) is 38.1 Å². The average molecular weight is 334 g/mol. The second-order valence-corrected chi connectivity index (χ2v) is 6.79. The van der Waals surface area contributed by atoms with Gasteiger partial charge in [0.05, 0.1) is 23.7 Å². The molecular formula is C19H22N6. The number of nitriles is 1. The van der Waals surface area contributed by atoms with Gasteiger partial charge >= 0.3 is 0 Å². The molecular weight excluding hydrogens is 312 g/mol. The summed E-state index contributed by atoms with van der Waals surface area (Å²) in [5.41, 5.74) is 2.42. The molecule has 1 saturated carbocycles. The maximum atomic E-state index is 9.13. The van der Waals surface area contributed by atoms with Crippen molar-refractivity contribution in [2.24, 2.45) is 10.9 Å². The third kappa shape index (κ3) is 3.36. The number of aliphatic imine (C=N–C) groups is 1. The summed E-state index contributed by atoms with van der Waals surface area (Å²) >= 11 is 0. The van der Waals surface area contributed by atoms with Crippen LogP contribution in [0.3, 0.4) is 0 Å². The number of hydrogen-bond donors (Lipinski definition) is 2. The van der Waals surface area contributed by atoms with Gasteiger partial charge in [0, 0.05) is 19.0 Å². The summed E-state index contributed by atoms with van der Waals surface area (Å²) in [6, 6.07) is 5.76. The minimum Gasteiger partial charge on any atom is -0.370 e. The van der Waals surface area contributed by atoms with Crippen LogP contribution in [0.4, 0.5) is 0 Å². The van der Waals surface area contributed by atoms with Crippen LogP contribution in [0.1, 0.15) is 49.4 Å². The van der Waals surface area contributed by atoms with Crippen LogP contribution in [0.5, 0.6) is 0 Å². The Hall–Kier alpha value is -2.81. The van der Waals surface area contributed by atoms with E-state index in [1.165, 1.54) is 32.1 Å². The van der Waals surface area contributed by atoms with Crippen molar-refractivity contribution in [3.63, 3.8) is 0 Å². The molecule has 4 rings (SSSR count). The van der Waals surface area contributed by atoms with Crippen molar-refractivity contribution in [3.05, 3.63) is 47.8 Å². The molecule has 1 aliphatic heterocycles. The van der Waals surface area contributed by atoms with Crippen LogP contribution < -0.4 is 10.6 Å². The number of imidazole rings is 1. The van der Waals surface area contributed by atoms with E-state index < -0.39 is 0 Å². The molecule has 0 aromatic carbocycles. The molecule has 6 nitrogen and oxygen atoms in total. The number of nitrogens with one attached hydrogen (secondary N) is 2. The van der Waals surface area contributed by atoms with E-state index in [9.17, 15) is 0 Å². The minimum absolute atomic E-state index is 0.0669. The zero-order valence-electron chi connectivity index (χ0n) is 14.2. The Kier molecular flexibility index (Phi) is 4.38. The maximum absolute atomic E-state index is 9.13. The first-order valence-corrected chi connectivity index (χ1v) is 8.94. The SMILES string of the molecule is N#Cc1ccc2ncc(C3C=NC=C(NCC4CCCCC4)N3)n2c1. The monoisotopic (exact) mass is 334 g/mol. The Morgan fingerprint density at radius 1 is 1.28 bits per heavy atom. The van der Waals surface area contributed by atoms with E-state index in [4.69, 9.17) is 5.26 Å². The molecule has 1 fully saturated rings. The Morgan fingerprint density at radius 3 is 3.00 bits per heavy atom. The molecule has 1 aliphatic carbocycles. The fraction of sp³-hybridized carbons (Fsp3) is 0.421. The minimum atomic E-state index is -0.0669. The molecule has 1 unspecified atom stereocenters. The summed E-state index contributed by atoms with van der Waals surface area (Å²) in [6.07, 6.45) is 14.1. The second-order valence-electron chi connectivity index (χ2n) is 6.79. The molecule has 128 valence electrons. The van der Waals surface area contributed by atoms with Crippen LogP contribution in [0, 0.1) is 17.2 Å². The van der Waals surface area contributed by atoms with Crippen LogP contribution in [-0.4, -0.2) is 22.1 Å². The van der Waals surface area contributed by atoms with Crippen molar-refractivity contribution in [1.29, 1.82) is 5.26 Å². The first kappa shape index (κ1) is 15.7. The fourth-order valence-corrected chi connectivity index (χ4v) is 3.63. The molecule has 6 heteroatoms. The van der Waals surface area contributed by atoms with E-state index in [0.29, 0.717) is 5.56 Å². The van der Waals surface area contributed by atoms with Crippen molar-refractivity contribution in [3.8, 4) is 6.07 Å². The highest BCUT2D eigenvalue weighted by molar-refractivity contribution is 5.69. The number of aromatic nitrogens is 2. The average Bonchev–Trinajstić information content (AvgIpc) is 3.10. The first-order chi connectivity index (χ1) is 12.3. The summed E-state index contributed by atoms with van der Waals surface area (Å²) < 4.78 is 1.95. The number of rotatable bonds is 4. The van der Waals surface area contributed by atoms with Crippen molar-refractivity contribution >= 4 is 11.9 Å². The van der Waals surface area contributed by atoms with Gasteiger partial charge in [0.1, 0.15) is 23.6 Å². The number of pyridine rings is 1. The van der Waals surface area contributed by atoms with E-state index >= 15 is 0 Å². The van der Waals surface area contributed by atoms with Gasteiger partial charge in [-0.25, -0.2) is 4.98 Å². The third-order valence-electron chi connectivity index (χ3n) is 5.04. The molecule has 0 amide bonds. The lowest BCUT2D eigenvalue weighted by Gasteiger charge is -2.26. The summed E-state index contributed by atoms with van der Waals surface area (Å²) in [5, 5.41) is 16.1. The smallest absolute Gasteiger partial charge is 0.137 e. The van der Waals surface area contributed by atoms with Gasteiger partial charge in [-0.15, -0.1) is 0 Å². The normalized spacial score (nSPS) is 20.8.